The third-order valence-corrected chi connectivity index (χ3v) is 3.73. The molecule has 1 aromatic carbocycles. The molecule has 0 aliphatic carbocycles. The first-order valence-corrected chi connectivity index (χ1v) is 7.67. The number of alkyl halides is 1. The lowest BCUT2D eigenvalue weighted by Crippen LogP contribution is -2.37. The molecule has 1 amide bonds. The van der Waals surface area contributed by atoms with Gasteiger partial charge in [0.25, 0.3) is 0 Å². The summed E-state index contributed by atoms with van der Waals surface area (Å²) in [6, 6.07) is 8.43. The molecule has 1 aromatic rings. The number of methoxy groups -OCH3 is 1. The van der Waals surface area contributed by atoms with Crippen molar-refractivity contribution in [1.29, 1.82) is 0 Å². The van der Waals surface area contributed by atoms with Crippen molar-refractivity contribution in [2.75, 3.05) is 19.0 Å². The lowest BCUT2D eigenvalue weighted by Gasteiger charge is -2.15. The van der Waals surface area contributed by atoms with E-state index in [1.54, 1.807) is 7.11 Å². The maximum atomic E-state index is 11.9. The van der Waals surface area contributed by atoms with Crippen LogP contribution in [0.3, 0.4) is 0 Å². The van der Waals surface area contributed by atoms with Gasteiger partial charge in [0.15, 0.2) is 0 Å². The molecule has 1 unspecified atom stereocenters. The van der Waals surface area contributed by atoms with Crippen LogP contribution in [0.5, 0.6) is 0 Å². The fourth-order valence-corrected chi connectivity index (χ4v) is 2.36. The van der Waals surface area contributed by atoms with E-state index in [9.17, 15) is 4.79 Å². The van der Waals surface area contributed by atoms with Crippen LogP contribution in [0.15, 0.2) is 24.3 Å². The summed E-state index contributed by atoms with van der Waals surface area (Å²) in [5, 5.41) is 3.78. The number of nitrogens with one attached hydrogen (secondary N) is 1. The maximum absolute atomic E-state index is 11.9. The molecule has 0 spiro atoms. The summed E-state index contributed by atoms with van der Waals surface area (Å²) < 4.78 is 5.03. The molecule has 4 heteroatoms. The van der Waals surface area contributed by atoms with Gasteiger partial charge in [-0.2, -0.15) is 0 Å². The van der Waals surface area contributed by atoms with E-state index in [1.165, 1.54) is 11.1 Å². The molecule has 0 saturated heterocycles. The molecule has 0 heterocycles. The third-order valence-electron chi connectivity index (χ3n) is 2.95. The van der Waals surface area contributed by atoms with Crippen LogP contribution in [0.1, 0.15) is 24.0 Å². The number of hydrogen-bond donors (Lipinski definition) is 1. The van der Waals surface area contributed by atoms with Crippen LogP contribution in [-0.2, 0) is 16.0 Å². The van der Waals surface area contributed by atoms with Gasteiger partial charge in [0.05, 0.1) is 0 Å². The van der Waals surface area contributed by atoms with Gasteiger partial charge in [0.1, 0.15) is 0 Å². The molecule has 0 aliphatic rings. The minimum Gasteiger partial charge on any atom is -0.385 e. The fourth-order valence-electron chi connectivity index (χ4n) is 1.87. The van der Waals surface area contributed by atoms with Crippen molar-refractivity contribution in [1.82, 2.24) is 5.32 Å². The Morgan fingerprint density at radius 1 is 1.47 bits per heavy atom. The van der Waals surface area contributed by atoms with Crippen LogP contribution in [0.2, 0.25) is 0 Å². The fraction of sp³-hybridized carbons (Fsp3) is 0.533. The topological polar surface area (TPSA) is 38.3 Å². The number of carbonyl (C=O) groups is 1. The Morgan fingerprint density at radius 2 is 2.26 bits per heavy atom. The first kappa shape index (κ1) is 16.2. The van der Waals surface area contributed by atoms with Gasteiger partial charge >= 0.3 is 0 Å². The van der Waals surface area contributed by atoms with Crippen LogP contribution < -0.4 is 5.32 Å². The van der Waals surface area contributed by atoms with E-state index in [0.717, 1.165) is 18.2 Å². The molecule has 1 rings (SSSR count). The highest BCUT2D eigenvalue weighted by Crippen LogP contribution is 2.07. The largest absolute Gasteiger partial charge is 0.385 e. The zero-order valence-electron chi connectivity index (χ0n) is 11.6. The van der Waals surface area contributed by atoms with E-state index in [-0.39, 0.29) is 11.9 Å². The standard InChI is InChI=1S/C15H22BrNO2/c1-12-4-3-5-13(10-12)6-7-15(18)17-14(11-16)8-9-19-2/h3-5,10,14H,6-9,11H2,1-2H3,(H,17,18). The number of rotatable bonds is 8. The zero-order chi connectivity index (χ0) is 14.1. The van der Waals surface area contributed by atoms with Gasteiger partial charge < -0.3 is 10.1 Å². The minimum absolute atomic E-state index is 0.0991. The van der Waals surface area contributed by atoms with E-state index in [4.69, 9.17) is 4.74 Å². The molecule has 0 bridgehead atoms. The maximum Gasteiger partial charge on any atom is 0.220 e. The van der Waals surface area contributed by atoms with Crippen LogP contribution in [-0.4, -0.2) is 31.0 Å². The second-order valence-corrected chi connectivity index (χ2v) is 5.34. The van der Waals surface area contributed by atoms with Crippen LogP contribution in [0, 0.1) is 6.92 Å². The summed E-state index contributed by atoms with van der Waals surface area (Å²) in [7, 11) is 1.67. The zero-order valence-corrected chi connectivity index (χ0v) is 13.2. The van der Waals surface area contributed by atoms with Crippen molar-refractivity contribution in [3.8, 4) is 0 Å². The first-order valence-electron chi connectivity index (χ1n) is 6.55. The highest BCUT2D eigenvalue weighted by atomic mass is 79.9. The second-order valence-electron chi connectivity index (χ2n) is 4.69. The average molecular weight is 328 g/mol. The average Bonchev–Trinajstić information content (AvgIpc) is 2.41. The molecule has 19 heavy (non-hydrogen) atoms. The number of carbonyl (C=O) groups excluding carboxylic acids is 1. The lowest BCUT2D eigenvalue weighted by molar-refractivity contribution is -0.121. The van der Waals surface area contributed by atoms with E-state index in [1.807, 2.05) is 6.07 Å². The van der Waals surface area contributed by atoms with Crippen LogP contribution in [0.4, 0.5) is 0 Å². The van der Waals surface area contributed by atoms with Gasteiger partial charge in [-0.1, -0.05) is 45.8 Å². The first-order chi connectivity index (χ1) is 9.15. The molecule has 0 aromatic heterocycles. The normalized spacial score (nSPS) is 12.2. The molecule has 1 atom stereocenters. The van der Waals surface area contributed by atoms with Gasteiger partial charge in [-0.25, -0.2) is 0 Å². The Morgan fingerprint density at radius 3 is 2.89 bits per heavy atom. The molecule has 0 radical (unpaired) electrons. The number of amides is 1. The molecule has 0 fully saturated rings. The van der Waals surface area contributed by atoms with Crippen molar-refractivity contribution >= 4 is 21.8 Å². The van der Waals surface area contributed by atoms with E-state index in [2.05, 4.69) is 46.4 Å². The molecular weight excluding hydrogens is 306 g/mol. The predicted molar refractivity (Wildman–Crippen MR) is 81.7 cm³/mol. The Bertz CT molecular complexity index is 395. The monoisotopic (exact) mass is 327 g/mol. The van der Waals surface area contributed by atoms with Crippen molar-refractivity contribution in [2.45, 2.75) is 32.2 Å². The van der Waals surface area contributed by atoms with E-state index in [0.29, 0.717) is 13.0 Å². The summed E-state index contributed by atoms with van der Waals surface area (Å²) in [6.45, 7) is 2.73. The number of benzene rings is 1. The van der Waals surface area contributed by atoms with Crippen LogP contribution in [0.25, 0.3) is 0 Å². The molecule has 3 nitrogen and oxygen atoms in total. The Labute approximate surface area is 123 Å². The van der Waals surface area contributed by atoms with Gasteiger partial charge in [0.2, 0.25) is 5.91 Å². The smallest absolute Gasteiger partial charge is 0.220 e. The summed E-state index contributed by atoms with van der Waals surface area (Å²) in [5.74, 6) is 0.0991. The summed E-state index contributed by atoms with van der Waals surface area (Å²) in [4.78, 5) is 11.9. The highest BCUT2D eigenvalue weighted by Gasteiger charge is 2.10. The molecule has 106 valence electrons. The number of aryl methyl sites for hydroxylation is 2. The van der Waals surface area contributed by atoms with Crippen molar-refractivity contribution < 1.29 is 9.53 Å². The quantitative estimate of drug-likeness (QED) is 0.745. The van der Waals surface area contributed by atoms with Crippen molar-refractivity contribution in [3.63, 3.8) is 0 Å². The van der Waals surface area contributed by atoms with Gasteiger partial charge in [-0.3, -0.25) is 4.79 Å². The minimum atomic E-state index is 0.0991. The van der Waals surface area contributed by atoms with Crippen LogP contribution >= 0.6 is 15.9 Å². The number of hydrogen-bond acceptors (Lipinski definition) is 2. The van der Waals surface area contributed by atoms with E-state index >= 15 is 0 Å². The Hall–Kier alpha value is -0.870. The molecular formula is C15H22BrNO2. The summed E-state index contributed by atoms with van der Waals surface area (Å²) in [5.41, 5.74) is 2.44. The highest BCUT2D eigenvalue weighted by molar-refractivity contribution is 9.09. The van der Waals surface area contributed by atoms with Crippen molar-refractivity contribution in [3.05, 3.63) is 35.4 Å². The van der Waals surface area contributed by atoms with Crippen molar-refractivity contribution in [2.24, 2.45) is 0 Å². The van der Waals surface area contributed by atoms with Gasteiger partial charge in [-0.15, -0.1) is 0 Å². The van der Waals surface area contributed by atoms with Gasteiger partial charge in [-0.05, 0) is 25.3 Å². The Kier molecular flexibility index (Phi) is 7.75. The summed E-state index contributed by atoms with van der Waals surface area (Å²) >= 11 is 3.41. The molecule has 0 aliphatic heterocycles. The molecule has 1 N–H and O–H groups in total. The summed E-state index contributed by atoms with van der Waals surface area (Å²) in [6.07, 6.45) is 2.14. The molecule has 0 saturated carbocycles. The SMILES string of the molecule is COCCC(CBr)NC(=O)CCc1cccc(C)c1. The lowest BCUT2D eigenvalue weighted by atomic mass is 10.1. The van der Waals surface area contributed by atoms with E-state index < -0.39 is 0 Å². The third kappa shape index (κ3) is 6.73. The van der Waals surface area contributed by atoms with Gasteiger partial charge in [0, 0.05) is 31.5 Å². The Balaban J connectivity index is 2.34. The number of halogens is 1. The predicted octanol–water partition coefficient (Wildman–Crippen LogP) is 2.84. The second kappa shape index (κ2) is 9.10. The number of ether oxygens (including phenoxy) is 1.